The SMILES string of the molecule is CN[C@@]1(C(=O)OC)C[C@@H]1CC=O. The van der Waals surface area contributed by atoms with Gasteiger partial charge in [0.2, 0.25) is 0 Å². The van der Waals surface area contributed by atoms with Crippen LogP contribution in [0, 0.1) is 5.92 Å². The van der Waals surface area contributed by atoms with Crippen LogP contribution in [0.15, 0.2) is 0 Å². The molecule has 0 aliphatic heterocycles. The third-order valence-electron chi connectivity index (χ3n) is 2.48. The molecule has 12 heavy (non-hydrogen) atoms. The predicted molar refractivity (Wildman–Crippen MR) is 42.6 cm³/mol. The quantitative estimate of drug-likeness (QED) is 0.467. The normalized spacial score (nSPS) is 32.7. The standard InChI is InChI=1S/C8H13NO3/c1-9-8(7(11)12-2)5-6(8)3-4-10/h4,6,9H,3,5H2,1-2H3/t6-,8-/m0/s1. The molecule has 4 heteroatoms. The smallest absolute Gasteiger partial charge is 0.326 e. The van der Waals surface area contributed by atoms with Crippen LogP contribution in [-0.2, 0) is 14.3 Å². The fourth-order valence-corrected chi connectivity index (χ4v) is 1.57. The van der Waals surface area contributed by atoms with Gasteiger partial charge < -0.3 is 14.8 Å². The van der Waals surface area contributed by atoms with Crippen molar-refractivity contribution in [2.75, 3.05) is 14.2 Å². The number of rotatable bonds is 4. The summed E-state index contributed by atoms with van der Waals surface area (Å²) in [7, 11) is 3.07. The second-order valence-electron chi connectivity index (χ2n) is 3.02. The zero-order chi connectivity index (χ0) is 9.19. The topological polar surface area (TPSA) is 55.4 Å². The van der Waals surface area contributed by atoms with Crippen LogP contribution in [0.1, 0.15) is 12.8 Å². The molecule has 0 amide bonds. The van der Waals surface area contributed by atoms with E-state index in [4.69, 9.17) is 0 Å². The number of likely N-dealkylation sites (N-methyl/N-ethyl adjacent to an activating group) is 1. The maximum Gasteiger partial charge on any atom is 0.326 e. The zero-order valence-electron chi connectivity index (χ0n) is 7.29. The largest absolute Gasteiger partial charge is 0.468 e. The Hall–Kier alpha value is -0.900. The van der Waals surface area contributed by atoms with Crippen molar-refractivity contribution in [1.29, 1.82) is 0 Å². The van der Waals surface area contributed by atoms with Crippen molar-refractivity contribution in [2.24, 2.45) is 5.92 Å². The Kier molecular flexibility index (Phi) is 2.47. The van der Waals surface area contributed by atoms with E-state index in [0.717, 1.165) is 6.29 Å². The number of hydrogen-bond acceptors (Lipinski definition) is 4. The lowest BCUT2D eigenvalue weighted by atomic mass is 10.2. The monoisotopic (exact) mass is 171 g/mol. The molecule has 0 spiro atoms. The number of esters is 1. The fourth-order valence-electron chi connectivity index (χ4n) is 1.57. The summed E-state index contributed by atoms with van der Waals surface area (Å²) in [6, 6.07) is 0. The van der Waals surface area contributed by atoms with Gasteiger partial charge in [-0.15, -0.1) is 0 Å². The zero-order valence-corrected chi connectivity index (χ0v) is 7.29. The van der Waals surface area contributed by atoms with Crippen LogP contribution in [0.25, 0.3) is 0 Å². The first kappa shape index (κ1) is 9.19. The molecule has 2 atom stereocenters. The summed E-state index contributed by atoms with van der Waals surface area (Å²) in [4.78, 5) is 21.4. The molecule has 0 aromatic heterocycles. The van der Waals surface area contributed by atoms with Crippen molar-refractivity contribution < 1.29 is 14.3 Å². The van der Waals surface area contributed by atoms with Gasteiger partial charge in [-0.1, -0.05) is 0 Å². The molecule has 0 heterocycles. The van der Waals surface area contributed by atoms with Crippen molar-refractivity contribution in [3.05, 3.63) is 0 Å². The number of methoxy groups -OCH3 is 1. The van der Waals surface area contributed by atoms with Gasteiger partial charge in [0.1, 0.15) is 11.8 Å². The summed E-state index contributed by atoms with van der Waals surface area (Å²) in [5, 5.41) is 2.90. The van der Waals surface area contributed by atoms with Gasteiger partial charge in [0.25, 0.3) is 0 Å². The van der Waals surface area contributed by atoms with Gasteiger partial charge in [-0.25, -0.2) is 0 Å². The molecular weight excluding hydrogens is 158 g/mol. The van der Waals surface area contributed by atoms with Crippen LogP contribution in [0.3, 0.4) is 0 Å². The third kappa shape index (κ3) is 1.22. The van der Waals surface area contributed by atoms with Crippen LogP contribution >= 0.6 is 0 Å². The fraction of sp³-hybridized carbons (Fsp3) is 0.750. The first-order chi connectivity index (χ1) is 5.71. The highest BCUT2D eigenvalue weighted by molar-refractivity contribution is 5.85. The number of aldehydes is 1. The minimum Gasteiger partial charge on any atom is -0.468 e. The first-order valence-electron chi connectivity index (χ1n) is 3.92. The number of nitrogens with one attached hydrogen (secondary N) is 1. The molecule has 1 fully saturated rings. The summed E-state index contributed by atoms with van der Waals surface area (Å²) in [5.41, 5.74) is -0.574. The van der Waals surface area contributed by atoms with E-state index in [-0.39, 0.29) is 11.9 Å². The van der Waals surface area contributed by atoms with E-state index in [1.165, 1.54) is 7.11 Å². The summed E-state index contributed by atoms with van der Waals surface area (Å²) in [6.45, 7) is 0. The number of carbonyl (C=O) groups is 2. The Morgan fingerprint density at radius 2 is 2.50 bits per heavy atom. The molecule has 68 valence electrons. The van der Waals surface area contributed by atoms with Crippen LogP contribution in [0.2, 0.25) is 0 Å². The predicted octanol–water partition coefficient (Wildman–Crippen LogP) is -0.274. The molecular formula is C8H13NO3. The average molecular weight is 171 g/mol. The molecule has 0 aromatic carbocycles. The molecule has 0 saturated heterocycles. The highest BCUT2D eigenvalue weighted by atomic mass is 16.5. The van der Waals surface area contributed by atoms with Crippen LogP contribution in [0.5, 0.6) is 0 Å². The maximum atomic E-state index is 11.2. The van der Waals surface area contributed by atoms with Crippen molar-refractivity contribution in [2.45, 2.75) is 18.4 Å². The molecule has 4 nitrogen and oxygen atoms in total. The van der Waals surface area contributed by atoms with Gasteiger partial charge in [-0.05, 0) is 19.4 Å². The lowest BCUT2D eigenvalue weighted by Crippen LogP contribution is -2.39. The van der Waals surface area contributed by atoms with E-state index in [2.05, 4.69) is 10.1 Å². The van der Waals surface area contributed by atoms with Gasteiger partial charge >= 0.3 is 5.97 Å². The van der Waals surface area contributed by atoms with Crippen molar-refractivity contribution in [3.63, 3.8) is 0 Å². The number of carbonyl (C=O) groups excluding carboxylic acids is 2. The van der Waals surface area contributed by atoms with E-state index >= 15 is 0 Å². The minimum absolute atomic E-state index is 0.118. The van der Waals surface area contributed by atoms with Crippen LogP contribution in [0.4, 0.5) is 0 Å². The summed E-state index contributed by atoms with van der Waals surface area (Å²) in [6.07, 6.45) is 1.97. The highest BCUT2D eigenvalue weighted by Gasteiger charge is 2.59. The van der Waals surface area contributed by atoms with Crippen molar-refractivity contribution in [1.82, 2.24) is 5.32 Å². The molecule has 0 unspecified atom stereocenters. The molecule has 1 aliphatic carbocycles. The maximum absolute atomic E-state index is 11.2. The van der Waals surface area contributed by atoms with Crippen molar-refractivity contribution >= 4 is 12.3 Å². The summed E-state index contributed by atoms with van der Waals surface area (Å²) in [5.74, 6) is -0.149. The van der Waals surface area contributed by atoms with Gasteiger partial charge in [0.15, 0.2) is 0 Å². The van der Waals surface area contributed by atoms with E-state index in [1.54, 1.807) is 7.05 Å². The first-order valence-corrected chi connectivity index (χ1v) is 3.92. The van der Waals surface area contributed by atoms with E-state index < -0.39 is 5.54 Å². The Bertz CT molecular complexity index is 204. The second-order valence-corrected chi connectivity index (χ2v) is 3.02. The van der Waals surface area contributed by atoms with Gasteiger partial charge in [-0.2, -0.15) is 0 Å². The van der Waals surface area contributed by atoms with E-state index in [9.17, 15) is 9.59 Å². The lowest BCUT2D eigenvalue weighted by molar-refractivity contribution is -0.144. The Morgan fingerprint density at radius 3 is 2.92 bits per heavy atom. The average Bonchev–Trinajstić information content (AvgIpc) is 2.79. The number of hydrogen-bond donors (Lipinski definition) is 1. The third-order valence-corrected chi connectivity index (χ3v) is 2.48. The lowest BCUT2D eigenvalue weighted by Gasteiger charge is -2.12. The summed E-state index contributed by atoms with van der Waals surface area (Å²) < 4.78 is 4.63. The number of ether oxygens (including phenoxy) is 1. The Labute approximate surface area is 71.3 Å². The molecule has 1 aliphatic rings. The van der Waals surface area contributed by atoms with Crippen LogP contribution < -0.4 is 5.32 Å². The molecule has 1 rings (SSSR count). The Morgan fingerprint density at radius 1 is 1.83 bits per heavy atom. The minimum atomic E-state index is -0.574. The van der Waals surface area contributed by atoms with Crippen LogP contribution in [-0.4, -0.2) is 32.0 Å². The molecule has 1 saturated carbocycles. The Balaban J connectivity index is 2.58. The van der Waals surface area contributed by atoms with Crippen molar-refractivity contribution in [3.8, 4) is 0 Å². The van der Waals surface area contributed by atoms with E-state index in [1.807, 2.05) is 0 Å². The van der Waals surface area contributed by atoms with Gasteiger partial charge in [0.05, 0.1) is 7.11 Å². The highest BCUT2D eigenvalue weighted by Crippen LogP contribution is 2.45. The second kappa shape index (κ2) is 3.23. The molecule has 0 aromatic rings. The van der Waals surface area contributed by atoms with E-state index in [0.29, 0.717) is 12.8 Å². The molecule has 1 N–H and O–H groups in total. The molecule has 0 radical (unpaired) electrons. The molecule has 0 bridgehead atoms. The van der Waals surface area contributed by atoms with Gasteiger partial charge in [-0.3, -0.25) is 4.79 Å². The summed E-state index contributed by atoms with van der Waals surface area (Å²) >= 11 is 0. The van der Waals surface area contributed by atoms with Gasteiger partial charge in [0, 0.05) is 6.42 Å².